The van der Waals surface area contributed by atoms with Crippen LogP contribution < -0.4 is 15.2 Å². The molecule has 0 saturated heterocycles. The number of rotatable bonds is 1. The summed E-state index contributed by atoms with van der Waals surface area (Å²) in [4.78, 5) is 0. The van der Waals surface area contributed by atoms with E-state index in [2.05, 4.69) is 9.68 Å². The second-order valence-electron chi connectivity index (χ2n) is 4.14. The lowest BCUT2D eigenvalue weighted by atomic mass is 10.00. The molecule has 5 nitrogen and oxygen atoms in total. The molecule has 20 heavy (non-hydrogen) atoms. The van der Waals surface area contributed by atoms with Crippen molar-refractivity contribution in [3.8, 4) is 22.6 Å². The van der Waals surface area contributed by atoms with Crippen LogP contribution in [0.25, 0.3) is 11.1 Å². The van der Waals surface area contributed by atoms with Crippen LogP contribution in [0.2, 0.25) is 0 Å². The van der Waals surface area contributed by atoms with Crippen LogP contribution in [0, 0.1) is 0 Å². The van der Waals surface area contributed by atoms with Crippen molar-refractivity contribution in [2.45, 2.75) is 6.18 Å². The van der Waals surface area contributed by atoms with E-state index in [4.69, 9.17) is 15.2 Å². The van der Waals surface area contributed by atoms with Gasteiger partial charge in [0.2, 0.25) is 5.88 Å². The number of ether oxygens (including phenoxy) is 2. The lowest BCUT2D eigenvalue weighted by Crippen LogP contribution is -2.17. The first-order chi connectivity index (χ1) is 9.47. The molecule has 0 unspecified atom stereocenters. The summed E-state index contributed by atoms with van der Waals surface area (Å²) < 4.78 is 54.5. The molecule has 1 aromatic carbocycles. The van der Waals surface area contributed by atoms with Crippen molar-refractivity contribution in [2.24, 2.45) is 0 Å². The summed E-state index contributed by atoms with van der Waals surface area (Å²) in [6.45, 7) is 0.482. The van der Waals surface area contributed by atoms with E-state index in [0.29, 0.717) is 0 Å². The van der Waals surface area contributed by atoms with E-state index in [9.17, 15) is 13.2 Å². The third-order valence-corrected chi connectivity index (χ3v) is 2.88. The molecular formula is C12H9F3N2O3. The van der Waals surface area contributed by atoms with Gasteiger partial charge in [0.25, 0.3) is 0 Å². The molecule has 1 aliphatic heterocycles. The van der Waals surface area contributed by atoms with Gasteiger partial charge in [-0.1, -0.05) is 5.16 Å². The van der Waals surface area contributed by atoms with Crippen molar-refractivity contribution in [1.82, 2.24) is 5.16 Å². The molecule has 2 aromatic rings. The fraction of sp³-hybridized carbons (Fsp3) is 0.250. The van der Waals surface area contributed by atoms with E-state index >= 15 is 0 Å². The first kappa shape index (κ1) is 12.6. The van der Waals surface area contributed by atoms with Gasteiger partial charge in [0.05, 0.1) is 17.3 Å². The SMILES string of the molecule is Nc1oncc1-c1cc2c(cc1C(F)(F)F)OCCO2. The number of anilines is 1. The molecule has 3 rings (SSSR count). The highest BCUT2D eigenvalue weighted by Gasteiger charge is 2.36. The van der Waals surface area contributed by atoms with Gasteiger partial charge < -0.3 is 19.7 Å². The lowest BCUT2D eigenvalue weighted by molar-refractivity contribution is -0.137. The van der Waals surface area contributed by atoms with Gasteiger partial charge in [-0.3, -0.25) is 0 Å². The van der Waals surface area contributed by atoms with Crippen LogP contribution in [-0.4, -0.2) is 18.4 Å². The molecule has 0 fully saturated rings. The van der Waals surface area contributed by atoms with Gasteiger partial charge in [-0.05, 0) is 12.1 Å². The molecule has 2 N–H and O–H groups in total. The lowest BCUT2D eigenvalue weighted by Gasteiger charge is -2.21. The molecule has 8 heteroatoms. The van der Waals surface area contributed by atoms with Crippen molar-refractivity contribution in [2.75, 3.05) is 18.9 Å². The van der Waals surface area contributed by atoms with Gasteiger partial charge in [0.15, 0.2) is 11.5 Å². The summed E-state index contributed by atoms with van der Waals surface area (Å²) in [6, 6.07) is 2.14. The van der Waals surface area contributed by atoms with Gasteiger partial charge >= 0.3 is 6.18 Å². The number of hydrogen-bond acceptors (Lipinski definition) is 5. The Labute approximate surface area is 111 Å². The standard InChI is InChI=1S/C12H9F3N2O3/c13-12(14,15)8-4-10-9(18-1-2-19-10)3-6(8)7-5-17-20-11(7)16/h3-5H,1-2,16H2. The van der Waals surface area contributed by atoms with Crippen molar-refractivity contribution in [3.63, 3.8) is 0 Å². The zero-order valence-electron chi connectivity index (χ0n) is 10.0. The van der Waals surface area contributed by atoms with Gasteiger partial charge in [-0.2, -0.15) is 13.2 Å². The Balaban J connectivity index is 2.23. The van der Waals surface area contributed by atoms with Crippen LogP contribution in [0.15, 0.2) is 22.9 Å². The van der Waals surface area contributed by atoms with Crippen LogP contribution >= 0.6 is 0 Å². The molecule has 0 spiro atoms. The van der Waals surface area contributed by atoms with Gasteiger partial charge in [0, 0.05) is 5.56 Å². The van der Waals surface area contributed by atoms with Crippen LogP contribution in [-0.2, 0) is 6.18 Å². The van der Waals surface area contributed by atoms with Crippen molar-refractivity contribution in [3.05, 3.63) is 23.9 Å². The zero-order valence-corrected chi connectivity index (χ0v) is 10.0. The predicted octanol–water partition coefficient (Wildman–Crippen LogP) is 2.71. The van der Waals surface area contributed by atoms with Crippen LogP contribution in [0.5, 0.6) is 11.5 Å². The van der Waals surface area contributed by atoms with Gasteiger partial charge in [-0.25, -0.2) is 0 Å². The highest BCUT2D eigenvalue weighted by Crippen LogP contribution is 2.45. The maximum Gasteiger partial charge on any atom is 0.417 e. The summed E-state index contributed by atoms with van der Waals surface area (Å²) in [5, 5.41) is 3.39. The van der Waals surface area contributed by atoms with E-state index < -0.39 is 11.7 Å². The maximum absolute atomic E-state index is 13.2. The third-order valence-electron chi connectivity index (χ3n) is 2.88. The summed E-state index contributed by atoms with van der Waals surface area (Å²) in [5.41, 5.74) is 4.53. The molecule has 0 atom stereocenters. The molecule has 2 heterocycles. The van der Waals surface area contributed by atoms with Crippen LogP contribution in [0.1, 0.15) is 5.56 Å². The molecule has 106 valence electrons. The smallest absolute Gasteiger partial charge is 0.417 e. The Morgan fingerprint density at radius 1 is 1.05 bits per heavy atom. The molecule has 0 radical (unpaired) electrons. The number of fused-ring (bicyclic) bond motifs is 1. The molecular weight excluding hydrogens is 277 g/mol. The largest absolute Gasteiger partial charge is 0.486 e. The summed E-state index contributed by atoms with van der Waals surface area (Å²) in [6.07, 6.45) is -3.43. The Hall–Kier alpha value is -2.38. The van der Waals surface area contributed by atoms with Crippen LogP contribution in [0.4, 0.5) is 19.1 Å². The fourth-order valence-electron chi connectivity index (χ4n) is 2.00. The number of benzene rings is 1. The molecule has 0 amide bonds. The number of halogens is 3. The summed E-state index contributed by atoms with van der Waals surface area (Å²) in [7, 11) is 0. The minimum absolute atomic E-state index is 0.0577. The monoisotopic (exact) mass is 286 g/mol. The first-order valence-electron chi connectivity index (χ1n) is 5.68. The second-order valence-corrected chi connectivity index (χ2v) is 4.14. The van der Waals surface area contributed by atoms with E-state index in [-0.39, 0.29) is 41.7 Å². The predicted molar refractivity (Wildman–Crippen MR) is 62.3 cm³/mol. The average molecular weight is 286 g/mol. The van der Waals surface area contributed by atoms with Crippen molar-refractivity contribution >= 4 is 5.88 Å². The van der Waals surface area contributed by atoms with Gasteiger partial charge in [-0.15, -0.1) is 0 Å². The van der Waals surface area contributed by atoms with E-state index in [1.807, 2.05) is 0 Å². The Kier molecular flexibility index (Phi) is 2.73. The molecule has 1 aromatic heterocycles. The number of nitrogens with two attached hydrogens (primary N) is 1. The molecule has 0 aliphatic carbocycles. The zero-order chi connectivity index (χ0) is 14.3. The second kappa shape index (κ2) is 4.32. The molecule has 1 aliphatic rings. The van der Waals surface area contributed by atoms with Gasteiger partial charge in [0.1, 0.15) is 13.2 Å². The topological polar surface area (TPSA) is 70.5 Å². The minimum Gasteiger partial charge on any atom is -0.486 e. The molecule has 0 saturated carbocycles. The number of nitrogen functional groups attached to an aromatic ring is 1. The van der Waals surface area contributed by atoms with Crippen molar-refractivity contribution in [1.29, 1.82) is 0 Å². The highest BCUT2D eigenvalue weighted by molar-refractivity contribution is 5.77. The number of alkyl halides is 3. The highest BCUT2D eigenvalue weighted by atomic mass is 19.4. The Morgan fingerprint density at radius 2 is 1.70 bits per heavy atom. The Bertz CT molecular complexity index is 652. The third kappa shape index (κ3) is 2.02. The summed E-state index contributed by atoms with van der Waals surface area (Å²) in [5.74, 6) is 0.106. The summed E-state index contributed by atoms with van der Waals surface area (Å²) >= 11 is 0. The Morgan fingerprint density at radius 3 is 2.25 bits per heavy atom. The first-order valence-corrected chi connectivity index (χ1v) is 5.68. The van der Waals surface area contributed by atoms with Crippen molar-refractivity contribution < 1.29 is 27.2 Å². The average Bonchev–Trinajstić information content (AvgIpc) is 2.82. The van der Waals surface area contributed by atoms with E-state index in [0.717, 1.165) is 12.3 Å². The van der Waals surface area contributed by atoms with E-state index in [1.165, 1.54) is 6.07 Å². The number of nitrogens with zero attached hydrogens (tertiary/aromatic N) is 1. The maximum atomic E-state index is 13.2. The number of hydrogen-bond donors (Lipinski definition) is 1. The van der Waals surface area contributed by atoms with Crippen LogP contribution in [0.3, 0.4) is 0 Å². The minimum atomic E-state index is -4.56. The fourth-order valence-corrected chi connectivity index (χ4v) is 2.00. The molecule has 0 bridgehead atoms. The number of aromatic nitrogens is 1. The quantitative estimate of drug-likeness (QED) is 0.872. The van der Waals surface area contributed by atoms with E-state index in [1.54, 1.807) is 0 Å². The normalized spacial score (nSPS) is 14.3.